The molecule has 1 aromatic carbocycles. The van der Waals surface area contributed by atoms with Gasteiger partial charge in [-0.15, -0.1) is 11.3 Å². The number of hydrazine groups is 1. The summed E-state index contributed by atoms with van der Waals surface area (Å²) in [5, 5.41) is 1.99. The van der Waals surface area contributed by atoms with Gasteiger partial charge in [-0.05, 0) is 41.6 Å². The van der Waals surface area contributed by atoms with Crippen LogP contribution in [0.15, 0.2) is 35.7 Å². The second-order valence-electron chi connectivity index (χ2n) is 3.98. The van der Waals surface area contributed by atoms with Crippen LogP contribution in [-0.4, -0.2) is 6.61 Å². The van der Waals surface area contributed by atoms with E-state index >= 15 is 0 Å². The van der Waals surface area contributed by atoms with Crippen LogP contribution in [0.3, 0.4) is 0 Å². The highest BCUT2D eigenvalue weighted by Gasteiger charge is 2.15. The van der Waals surface area contributed by atoms with Gasteiger partial charge in [-0.3, -0.25) is 5.84 Å². The van der Waals surface area contributed by atoms with E-state index in [-0.39, 0.29) is 11.8 Å². The van der Waals surface area contributed by atoms with Crippen molar-refractivity contribution in [1.29, 1.82) is 0 Å². The maximum atomic E-state index is 12.1. The second kappa shape index (κ2) is 6.10. The smallest absolute Gasteiger partial charge is 0.387 e. The van der Waals surface area contributed by atoms with Gasteiger partial charge in [-0.2, -0.15) is 8.78 Å². The van der Waals surface area contributed by atoms with Crippen molar-refractivity contribution in [2.24, 2.45) is 5.84 Å². The minimum absolute atomic E-state index is 0.136. The number of alkyl halides is 2. The van der Waals surface area contributed by atoms with E-state index in [9.17, 15) is 8.78 Å². The van der Waals surface area contributed by atoms with Crippen LogP contribution in [0.2, 0.25) is 0 Å². The van der Waals surface area contributed by atoms with Gasteiger partial charge in [0.1, 0.15) is 5.75 Å². The molecule has 0 bridgehead atoms. The molecule has 2 rings (SSSR count). The molecule has 1 heterocycles. The Kier molecular flexibility index (Phi) is 4.47. The number of nitrogens with two attached hydrogens (primary N) is 1. The minimum atomic E-state index is -2.81. The standard InChI is InChI=1S/C13H14F2N2OS/c1-8-11(6-7-19-8)12(17-16)9-2-4-10(5-3-9)18-13(14)15/h2-7,12-13,17H,16H2,1H3. The molecule has 19 heavy (non-hydrogen) atoms. The lowest BCUT2D eigenvalue weighted by atomic mass is 10.00. The van der Waals surface area contributed by atoms with Crippen molar-refractivity contribution in [3.63, 3.8) is 0 Å². The van der Waals surface area contributed by atoms with Gasteiger partial charge >= 0.3 is 6.61 Å². The second-order valence-corrected chi connectivity index (χ2v) is 5.10. The molecule has 0 saturated heterocycles. The summed E-state index contributed by atoms with van der Waals surface area (Å²) >= 11 is 1.63. The number of hydrogen-bond donors (Lipinski definition) is 2. The molecule has 0 aliphatic heterocycles. The summed E-state index contributed by atoms with van der Waals surface area (Å²) in [5.41, 5.74) is 4.71. The zero-order valence-electron chi connectivity index (χ0n) is 10.3. The van der Waals surface area contributed by atoms with Gasteiger partial charge in [0, 0.05) is 4.88 Å². The third kappa shape index (κ3) is 3.28. The molecular weight excluding hydrogens is 270 g/mol. The van der Waals surface area contributed by atoms with Crippen molar-refractivity contribution >= 4 is 11.3 Å². The molecule has 0 fully saturated rings. The molecule has 0 radical (unpaired) electrons. The van der Waals surface area contributed by atoms with Crippen LogP contribution >= 0.6 is 11.3 Å². The van der Waals surface area contributed by atoms with E-state index in [1.807, 2.05) is 18.4 Å². The normalized spacial score (nSPS) is 12.7. The van der Waals surface area contributed by atoms with E-state index in [4.69, 9.17) is 5.84 Å². The zero-order valence-corrected chi connectivity index (χ0v) is 11.1. The molecule has 1 unspecified atom stereocenters. The van der Waals surface area contributed by atoms with Crippen LogP contribution in [-0.2, 0) is 0 Å². The molecule has 0 aliphatic rings. The molecule has 0 amide bonds. The fraction of sp³-hybridized carbons (Fsp3) is 0.231. The lowest BCUT2D eigenvalue weighted by Gasteiger charge is -2.17. The highest BCUT2D eigenvalue weighted by molar-refractivity contribution is 7.10. The number of ether oxygens (including phenoxy) is 1. The molecule has 3 N–H and O–H groups in total. The Labute approximate surface area is 114 Å². The summed E-state index contributed by atoms with van der Waals surface area (Å²) in [6.45, 7) is -0.799. The molecule has 0 spiro atoms. The summed E-state index contributed by atoms with van der Waals surface area (Å²) in [6, 6.07) is 8.29. The van der Waals surface area contributed by atoms with E-state index in [0.717, 1.165) is 16.0 Å². The van der Waals surface area contributed by atoms with Gasteiger partial charge in [-0.25, -0.2) is 5.43 Å². The maximum Gasteiger partial charge on any atom is 0.387 e. The Morgan fingerprint density at radius 1 is 1.21 bits per heavy atom. The Bertz CT molecular complexity index is 528. The highest BCUT2D eigenvalue weighted by atomic mass is 32.1. The van der Waals surface area contributed by atoms with Crippen LogP contribution < -0.4 is 16.0 Å². The first-order chi connectivity index (χ1) is 9.11. The lowest BCUT2D eigenvalue weighted by molar-refractivity contribution is -0.0498. The van der Waals surface area contributed by atoms with E-state index in [1.54, 1.807) is 23.5 Å². The number of hydrogen-bond acceptors (Lipinski definition) is 4. The summed E-state index contributed by atoms with van der Waals surface area (Å²) in [6.07, 6.45) is 0. The summed E-state index contributed by atoms with van der Waals surface area (Å²) < 4.78 is 28.5. The van der Waals surface area contributed by atoms with Crippen molar-refractivity contribution in [3.8, 4) is 5.75 Å². The van der Waals surface area contributed by atoms with E-state index in [2.05, 4.69) is 10.2 Å². The number of aryl methyl sites for hydroxylation is 1. The molecule has 6 heteroatoms. The third-order valence-corrected chi connectivity index (χ3v) is 3.68. The van der Waals surface area contributed by atoms with Crippen molar-refractivity contribution < 1.29 is 13.5 Å². The van der Waals surface area contributed by atoms with Gasteiger partial charge < -0.3 is 4.74 Å². The van der Waals surface area contributed by atoms with Gasteiger partial charge in [0.15, 0.2) is 0 Å². The minimum Gasteiger partial charge on any atom is -0.435 e. The Morgan fingerprint density at radius 2 is 1.89 bits per heavy atom. The molecule has 0 saturated carbocycles. The Hall–Kier alpha value is -1.50. The Morgan fingerprint density at radius 3 is 2.37 bits per heavy atom. The molecule has 0 aliphatic carbocycles. The summed E-state index contributed by atoms with van der Waals surface area (Å²) in [7, 11) is 0. The van der Waals surface area contributed by atoms with Gasteiger partial charge in [0.2, 0.25) is 0 Å². The largest absolute Gasteiger partial charge is 0.435 e. The molecule has 2 aromatic rings. The van der Waals surface area contributed by atoms with Crippen molar-refractivity contribution in [3.05, 3.63) is 51.7 Å². The van der Waals surface area contributed by atoms with Crippen molar-refractivity contribution in [2.45, 2.75) is 19.6 Å². The van der Waals surface area contributed by atoms with Gasteiger partial charge in [0.25, 0.3) is 0 Å². The number of nitrogens with one attached hydrogen (secondary N) is 1. The van der Waals surface area contributed by atoms with E-state index in [1.165, 1.54) is 12.1 Å². The molecular formula is C13H14F2N2OS. The van der Waals surface area contributed by atoms with Crippen LogP contribution in [0.1, 0.15) is 22.0 Å². The van der Waals surface area contributed by atoms with Gasteiger partial charge in [0.05, 0.1) is 6.04 Å². The summed E-state index contributed by atoms with van der Waals surface area (Å²) in [4.78, 5) is 1.16. The Balaban J connectivity index is 2.22. The SMILES string of the molecule is Cc1sccc1C(NN)c1ccc(OC(F)F)cc1. The number of halogens is 2. The average molecular weight is 284 g/mol. The first kappa shape index (κ1) is 13.9. The van der Waals surface area contributed by atoms with Crippen LogP contribution in [0, 0.1) is 6.92 Å². The lowest BCUT2D eigenvalue weighted by Crippen LogP contribution is -2.28. The number of thiophene rings is 1. The first-order valence-electron chi connectivity index (χ1n) is 5.66. The monoisotopic (exact) mass is 284 g/mol. The third-order valence-electron chi connectivity index (χ3n) is 2.82. The molecule has 102 valence electrons. The average Bonchev–Trinajstić information content (AvgIpc) is 2.78. The molecule has 1 atom stereocenters. The van der Waals surface area contributed by atoms with Crippen LogP contribution in [0.4, 0.5) is 8.78 Å². The fourth-order valence-electron chi connectivity index (χ4n) is 1.90. The van der Waals surface area contributed by atoms with E-state index < -0.39 is 6.61 Å². The predicted molar refractivity (Wildman–Crippen MR) is 71.3 cm³/mol. The van der Waals surface area contributed by atoms with Crippen LogP contribution in [0.5, 0.6) is 5.75 Å². The highest BCUT2D eigenvalue weighted by Crippen LogP contribution is 2.28. The maximum absolute atomic E-state index is 12.1. The fourth-order valence-corrected chi connectivity index (χ4v) is 2.64. The topological polar surface area (TPSA) is 47.3 Å². The van der Waals surface area contributed by atoms with Gasteiger partial charge in [-0.1, -0.05) is 12.1 Å². The quantitative estimate of drug-likeness (QED) is 0.654. The summed E-state index contributed by atoms with van der Waals surface area (Å²) in [5.74, 6) is 5.72. The molecule has 1 aromatic heterocycles. The first-order valence-corrected chi connectivity index (χ1v) is 6.54. The van der Waals surface area contributed by atoms with E-state index in [0.29, 0.717) is 0 Å². The van der Waals surface area contributed by atoms with Crippen LogP contribution in [0.25, 0.3) is 0 Å². The number of rotatable bonds is 5. The zero-order chi connectivity index (χ0) is 13.8. The number of benzene rings is 1. The van der Waals surface area contributed by atoms with Crippen molar-refractivity contribution in [1.82, 2.24) is 5.43 Å². The predicted octanol–water partition coefficient (Wildman–Crippen LogP) is 3.21. The van der Waals surface area contributed by atoms with Crippen molar-refractivity contribution in [2.75, 3.05) is 0 Å². The molecule has 3 nitrogen and oxygen atoms in total.